The highest BCUT2D eigenvalue weighted by Crippen LogP contribution is 2.42. The second-order valence-electron chi connectivity index (χ2n) is 7.56. The number of aliphatic imine (C=N–C) groups is 1. The van der Waals surface area contributed by atoms with E-state index in [0.717, 1.165) is 11.3 Å². The van der Waals surface area contributed by atoms with E-state index in [1.54, 1.807) is 12.4 Å². The average molecular weight is 414 g/mol. The van der Waals surface area contributed by atoms with Gasteiger partial charge in [0.25, 0.3) is 0 Å². The van der Waals surface area contributed by atoms with Crippen molar-refractivity contribution in [2.24, 2.45) is 4.99 Å². The minimum absolute atomic E-state index is 0.136. The van der Waals surface area contributed by atoms with Crippen LogP contribution < -0.4 is 4.74 Å². The average Bonchev–Trinajstić information content (AvgIpc) is 2.89. The Bertz CT molecular complexity index is 810. The Balaban J connectivity index is 2.28. The van der Waals surface area contributed by atoms with Gasteiger partial charge in [-0.1, -0.05) is 44.0 Å². The van der Waals surface area contributed by atoms with Gasteiger partial charge in [0, 0.05) is 36.1 Å². The molecule has 0 amide bonds. The molecule has 0 saturated heterocycles. The molecule has 2 aromatic rings. The third kappa shape index (κ3) is 4.90. The molecule has 1 heterocycles. The first-order valence-electron chi connectivity index (χ1n) is 8.40. The van der Waals surface area contributed by atoms with E-state index in [2.05, 4.69) is 44.0 Å². The highest BCUT2D eigenvalue weighted by Gasteiger charge is 2.25. The summed E-state index contributed by atoms with van der Waals surface area (Å²) in [5, 5.41) is 1.65. The van der Waals surface area contributed by atoms with Gasteiger partial charge in [-0.05, 0) is 32.4 Å². The number of halogens is 2. The molecule has 142 valence electrons. The summed E-state index contributed by atoms with van der Waals surface area (Å²) in [6, 6.07) is 4.04. The van der Waals surface area contributed by atoms with Crippen LogP contribution in [0.2, 0.25) is 10.0 Å². The van der Waals surface area contributed by atoms with E-state index in [1.807, 2.05) is 24.9 Å². The van der Waals surface area contributed by atoms with Crippen LogP contribution in [-0.2, 0) is 5.41 Å². The van der Waals surface area contributed by atoms with Gasteiger partial charge in [0.1, 0.15) is 10.8 Å². The summed E-state index contributed by atoms with van der Waals surface area (Å²) in [4.78, 5) is 6.48. The Labute approximate surface area is 170 Å². The second-order valence-corrected chi connectivity index (χ2v) is 9.08. The van der Waals surface area contributed by atoms with E-state index in [-0.39, 0.29) is 5.41 Å². The van der Waals surface area contributed by atoms with Crippen LogP contribution in [0.4, 0.5) is 5.69 Å². The van der Waals surface area contributed by atoms with Crippen LogP contribution >= 0.6 is 34.7 Å². The van der Waals surface area contributed by atoms with Crippen molar-refractivity contribution in [2.45, 2.75) is 53.0 Å². The summed E-state index contributed by atoms with van der Waals surface area (Å²) in [7, 11) is 1.98. The maximum Gasteiger partial charge on any atom is 0.219 e. The molecule has 1 aromatic heterocycles. The minimum atomic E-state index is -0.136. The van der Waals surface area contributed by atoms with E-state index in [0.29, 0.717) is 32.6 Å². The number of aromatic nitrogens is 1. The third-order valence-corrected chi connectivity index (χ3v) is 5.45. The van der Waals surface area contributed by atoms with Gasteiger partial charge in [-0.15, -0.1) is 0 Å². The standard InChI is InChI=1S/C19H25Cl2N3OS/c1-11(2)24(7)10-22-14-8-12(3)15(9-13(14)20)25-18-16(21)17(23-26-18)19(4,5)6/h8-11H,1-7H3. The highest BCUT2D eigenvalue weighted by atomic mass is 35.5. The molecule has 0 aliphatic heterocycles. The molecule has 0 fully saturated rings. The van der Waals surface area contributed by atoms with Crippen LogP contribution in [0.15, 0.2) is 17.1 Å². The molecule has 2 rings (SSSR count). The fraction of sp³-hybridized carbons (Fsp3) is 0.474. The summed E-state index contributed by atoms with van der Waals surface area (Å²) < 4.78 is 10.4. The van der Waals surface area contributed by atoms with Crippen molar-refractivity contribution >= 4 is 46.8 Å². The van der Waals surface area contributed by atoms with Gasteiger partial charge in [0.2, 0.25) is 5.06 Å². The zero-order chi connectivity index (χ0) is 19.6. The Kier molecular flexibility index (Phi) is 6.59. The van der Waals surface area contributed by atoms with Crippen LogP contribution in [0.5, 0.6) is 10.8 Å². The van der Waals surface area contributed by atoms with Crippen LogP contribution in [-0.4, -0.2) is 28.7 Å². The molecule has 0 atom stereocenters. The molecular weight excluding hydrogens is 389 g/mol. The van der Waals surface area contributed by atoms with Crippen LogP contribution in [0, 0.1) is 6.92 Å². The number of benzene rings is 1. The fourth-order valence-electron chi connectivity index (χ4n) is 2.04. The van der Waals surface area contributed by atoms with E-state index < -0.39 is 0 Å². The fourth-order valence-corrected chi connectivity index (χ4v) is 3.60. The Morgan fingerprint density at radius 1 is 1.27 bits per heavy atom. The zero-order valence-electron chi connectivity index (χ0n) is 16.2. The summed E-state index contributed by atoms with van der Waals surface area (Å²) in [6.07, 6.45) is 1.78. The van der Waals surface area contributed by atoms with Crippen molar-refractivity contribution in [3.05, 3.63) is 33.4 Å². The van der Waals surface area contributed by atoms with E-state index in [4.69, 9.17) is 27.9 Å². The highest BCUT2D eigenvalue weighted by molar-refractivity contribution is 7.08. The van der Waals surface area contributed by atoms with Crippen LogP contribution in [0.3, 0.4) is 0 Å². The summed E-state index contributed by atoms with van der Waals surface area (Å²) in [6.45, 7) is 12.4. The first-order chi connectivity index (χ1) is 12.0. The molecule has 7 heteroatoms. The Hall–Kier alpha value is -1.30. The summed E-state index contributed by atoms with van der Waals surface area (Å²) >= 11 is 14.1. The maximum atomic E-state index is 6.46. The predicted octanol–water partition coefficient (Wildman–Crippen LogP) is 6.85. The predicted molar refractivity (Wildman–Crippen MR) is 113 cm³/mol. The number of hydrogen-bond acceptors (Lipinski definition) is 4. The number of aryl methyl sites for hydroxylation is 1. The number of ether oxygens (including phenoxy) is 1. The molecule has 0 aliphatic carbocycles. The van der Waals surface area contributed by atoms with Crippen molar-refractivity contribution in [2.75, 3.05) is 7.05 Å². The van der Waals surface area contributed by atoms with Crippen LogP contribution in [0.1, 0.15) is 45.9 Å². The van der Waals surface area contributed by atoms with E-state index in [9.17, 15) is 0 Å². The summed E-state index contributed by atoms with van der Waals surface area (Å²) in [5.41, 5.74) is 2.33. The Morgan fingerprint density at radius 3 is 2.46 bits per heavy atom. The normalized spacial score (nSPS) is 12.2. The lowest BCUT2D eigenvalue weighted by Gasteiger charge is -2.17. The number of rotatable bonds is 5. The smallest absolute Gasteiger partial charge is 0.219 e. The first-order valence-corrected chi connectivity index (χ1v) is 9.93. The molecule has 0 aliphatic rings. The van der Waals surface area contributed by atoms with Gasteiger partial charge in [0.15, 0.2) is 0 Å². The quantitative estimate of drug-likeness (QED) is 0.397. The van der Waals surface area contributed by atoms with Crippen molar-refractivity contribution in [1.82, 2.24) is 9.27 Å². The largest absolute Gasteiger partial charge is 0.443 e. The van der Waals surface area contributed by atoms with Gasteiger partial charge in [0.05, 0.1) is 22.7 Å². The first kappa shape index (κ1) is 21.0. The van der Waals surface area contributed by atoms with Crippen molar-refractivity contribution in [1.29, 1.82) is 0 Å². The summed E-state index contributed by atoms with van der Waals surface area (Å²) in [5.74, 6) is 0.650. The lowest BCUT2D eigenvalue weighted by Crippen LogP contribution is -2.24. The van der Waals surface area contributed by atoms with Gasteiger partial charge in [-0.3, -0.25) is 0 Å². The van der Waals surface area contributed by atoms with Gasteiger partial charge >= 0.3 is 0 Å². The Morgan fingerprint density at radius 2 is 1.92 bits per heavy atom. The lowest BCUT2D eigenvalue weighted by molar-refractivity contribution is 0.429. The zero-order valence-corrected chi connectivity index (χ0v) is 18.6. The lowest BCUT2D eigenvalue weighted by atomic mass is 9.92. The van der Waals surface area contributed by atoms with Crippen LogP contribution in [0.25, 0.3) is 0 Å². The molecule has 26 heavy (non-hydrogen) atoms. The molecule has 0 radical (unpaired) electrons. The SMILES string of the molecule is Cc1cc(N=CN(C)C(C)C)c(Cl)cc1Oc1snc(C(C)(C)C)c1Cl. The minimum Gasteiger partial charge on any atom is -0.443 e. The molecule has 0 saturated carbocycles. The molecular formula is C19H25Cl2N3OS. The molecule has 0 unspecified atom stereocenters. The maximum absolute atomic E-state index is 6.46. The molecule has 4 nitrogen and oxygen atoms in total. The van der Waals surface area contributed by atoms with Crippen molar-refractivity contribution in [3.8, 4) is 10.8 Å². The molecule has 0 spiro atoms. The molecule has 1 aromatic carbocycles. The van der Waals surface area contributed by atoms with E-state index in [1.165, 1.54) is 11.5 Å². The van der Waals surface area contributed by atoms with Gasteiger partial charge in [-0.2, -0.15) is 4.37 Å². The second kappa shape index (κ2) is 8.15. The number of hydrogen-bond donors (Lipinski definition) is 0. The third-order valence-electron chi connectivity index (χ3n) is 3.96. The number of nitrogens with zero attached hydrogens (tertiary/aromatic N) is 3. The molecule has 0 N–H and O–H groups in total. The van der Waals surface area contributed by atoms with Crippen molar-refractivity contribution < 1.29 is 4.74 Å². The monoisotopic (exact) mass is 413 g/mol. The van der Waals surface area contributed by atoms with Gasteiger partial charge < -0.3 is 9.64 Å². The van der Waals surface area contributed by atoms with E-state index >= 15 is 0 Å². The van der Waals surface area contributed by atoms with Gasteiger partial charge in [-0.25, -0.2) is 4.99 Å². The van der Waals surface area contributed by atoms with Crippen molar-refractivity contribution in [3.63, 3.8) is 0 Å². The topological polar surface area (TPSA) is 37.7 Å². The molecule has 0 bridgehead atoms.